The lowest BCUT2D eigenvalue weighted by molar-refractivity contribution is 0.0816. The Balaban J connectivity index is 1.48. The average molecular weight is 501 g/mol. The predicted molar refractivity (Wildman–Crippen MR) is 132 cm³/mol. The second-order valence-corrected chi connectivity index (χ2v) is 9.69. The molecule has 10 nitrogen and oxygen atoms in total. The third kappa shape index (κ3) is 6.07. The van der Waals surface area contributed by atoms with Gasteiger partial charge in [0.25, 0.3) is 5.91 Å². The monoisotopic (exact) mass is 500 g/mol. The van der Waals surface area contributed by atoms with Crippen molar-refractivity contribution >= 4 is 23.2 Å². The van der Waals surface area contributed by atoms with Crippen molar-refractivity contribution in [1.29, 1.82) is 0 Å². The van der Waals surface area contributed by atoms with Gasteiger partial charge in [0.1, 0.15) is 23.4 Å². The predicted octanol–water partition coefficient (Wildman–Crippen LogP) is 2.28. The van der Waals surface area contributed by atoms with Crippen LogP contribution in [0.15, 0.2) is 18.2 Å². The van der Waals surface area contributed by atoms with Gasteiger partial charge < -0.3 is 25.8 Å². The van der Waals surface area contributed by atoms with Gasteiger partial charge in [-0.15, -0.1) is 0 Å². The number of halogens is 1. The van der Waals surface area contributed by atoms with Crippen molar-refractivity contribution in [2.75, 3.05) is 36.9 Å². The van der Waals surface area contributed by atoms with Crippen LogP contribution < -0.4 is 20.7 Å². The number of nitrogens with zero attached hydrogens (tertiary/aromatic N) is 4. The minimum absolute atomic E-state index is 0.0741. The number of carbonyl (C=O) groups excluding carboxylic acids is 2. The normalized spacial score (nSPS) is 20.9. The second-order valence-electron chi connectivity index (χ2n) is 9.69. The molecule has 0 aromatic carbocycles. The summed E-state index contributed by atoms with van der Waals surface area (Å²) in [6, 6.07) is 4.85. The zero-order chi connectivity index (χ0) is 25.8. The van der Waals surface area contributed by atoms with Gasteiger partial charge in [0.15, 0.2) is 5.78 Å². The highest BCUT2D eigenvalue weighted by molar-refractivity contribution is 5.97. The third-order valence-corrected chi connectivity index (χ3v) is 6.72. The zero-order valence-electron chi connectivity index (χ0n) is 20.6. The number of piperidine rings is 1. The van der Waals surface area contributed by atoms with E-state index < -0.39 is 18.1 Å². The largest absolute Gasteiger partial charge is 0.463 e. The molecule has 4 N–H and O–H groups in total. The number of ether oxygens (including phenoxy) is 1. The molecule has 1 aliphatic heterocycles. The summed E-state index contributed by atoms with van der Waals surface area (Å²) in [4.78, 5) is 39.9. The molecule has 3 heterocycles. The number of Topliss-reactive ketones (excluding diaryl/α,β-unsaturated/α-hetero) is 1. The smallest absolute Gasteiger partial charge is 0.319 e. The first kappa shape index (κ1) is 25.7. The van der Waals surface area contributed by atoms with Crippen LogP contribution in [0.4, 0.5) is 15.9 Å². The van der Waals surface area contributed by atoms with E-state index in [1.165, 1.54) is 6.92 Å². The number of hydrogen-bond donors (Lipinski definition) is 3. The highest BCUT2D eigenvalue weighted by Crippen LogP contribution is 2.32. The van der Waals surface area contributed by atoms with Crippen LogP contribution in [0.2, 0.25) is 0 Å². The SMILES string of the molecule is CC(=O)c1nc(C2CCN(c3cc(C(=O)N[C@H](C)CO)nc(OCC4CC(F)C4)n3)CC2)ccc1N. The van der Waals surface area contributed by atoms with Crippen LogP contribution in [-0.4, -0.2) is 70.3 Å². The van der Waals surface area contributed by atoms with Crippen molar-refractivity contribution < 1.29 is 23.8 Å². The summed E-state index contributed by atoms with van der Waals surface area (Å²) in [6.45, 7) is 4.55. The highest BCUT2D eigenvalue weighted by atomic mass is 19.1. The fraction of sp³-hybridized carbons (Fsp3) is 0.560. The van der Waals surface area contributed by atoms with Crippen LogP contribution in [0.5, 0.6) is 6.01 Å². The molecule has 0 bridgehead atoms. The Morgan fingerprint density at radius 1 is 1.25 bits per heavy atom. The van der Waals surface area contributed by atoms with E-state index in [1.54, 1.807) is 19.1 Å². The Bertz CT molecular complexity index is 1100. The van der Waals surface area contributed by atoms with E-state index >= 15 is 0 Å². The number of nitrogens with two attached hydrogens (primary N) is 1. The minimum atomic E-state index is -0.782. The summed E-state index contributed by atoms with van der Waals surface area (Å²) in [7, 11) is 0. The molecule has 2 fully saturated rings. The van der Waals surface area contributed by atoms with Crippen LogP contribution >= 0.6 is 0 Å². The molecule has 1 atom stereocenters. The number of nitrogen functional groups attached to an aromatic ring is 1. The van der Waals surface area contributed by atoms with Crippen LogP contribution in [0.1, 0.15) is 72.1 Å². The van der Waals surface area contributed by atoms with Crippen LogP contribution in [0.3, 0.4) is 0 Å². The number of carbonyl (C=O) groups is 2. The van der Waals surface area contributed by atoms with E-state index in [-0.39, 0.29) is 35.9 Å². The summed E-state index contributed by atoms with van der Waals surface area (Å²) in [6.07, 6.45) is 1.68. The maximum Gasteiger partial charge on any atom is 0.319 e. The number of nitrogens with one attached hydrogen (secondary N) is 1. The molecule has 1 aliphatic carbocycles. The number of anilines is 2. The minimum Gasteiger partial charge on any atom is -0.463 e. The highest BCUT2D eigenvalue weighted by Gasteiger charge is 2.30. The molecule has 36 heavy (non-hydrogen) atoms. The number of aliphatic hydroxyl groups excluding tert-OH is 1. The van der Waals surface area contributed by atoms with Crippen LogP contribution in [0.25, 0.3) is 0 Å². The maximum absolute atomic E-state index is 13.2. The molecule has 1 amide bonds. The van der Waals surface area contributed by atoms with E-state index in [0.717, 1.165) is 18.5 Å². The lowest BCUT2D eigenvalue weighted by atomic mass is 9.84. The zero-order valence-corrected chi connectivity index (χ0v) is 20.6. The van der Waals surface area contributed by atoms with Gasteiger partial charge in [0, 0.05) is 43.7 Å². The first-order chi connectivity index (χ1) is 17.2. The van der Waals surface area contributed by atoms with Gasteiger partial charge in [-0.3, -0.25) is 9.59 Å². The molecule has 1 saturated carbocycles. The first-order valence-electron chi connectivity index (χ1n) is 12.3. The summed E-state index contributed by atoms with van der Waals surface area (Å²) < 4.78 is 18.9. The fourth-order valence-electron chi connectivity index (χ4n) is 4.48. The van der Waals surface area contributed by atoms with Gasteiger partial charge in [-0.25, -0.2) is 9.37 Å². The van der Waals surface area contributed by atoms with E-state index in [0.29, 0.717) is 49.7 Å². The number of pyridine rings is 1. The van der Waals surface area contributed by atoms with Gasteiger partial charge in [0.05, 0.1) is 18.9 Å². The van der Waals surface area contributed by atoms with Crippen molar-refractivity contribution in [2.24, 2.45) is 5.92 Å². The maximum atomic E-state index is 13.2. The van der Waals surface area contributed by atoms with Crippen molar-refractivity contribution in [1.82, 2.24) is 20.3 Å². The van der Waals surface area contributed by atoms with Crippen molar-refractivity contribution in [2.45, 2.75) is 57.7 Å². The Labute approximate surface area is 209 Å². The molecule has 194 valence electrons. The van der Waals surface area contributed by atoms with Crippen molar-refractivity contribution in [3.63, 3.8) is 0 Å². The molecule has 0 radical (unpaired) electrons. The summed E-state index contributed by atoms with van der Waals surface area (Å²) in [5.74, 6) is 0.243. The lowest BCUT2D eigenvalue weighted by Gasteiger charge is -2.33. The Kier molecular flexibility index (Phi) is 7.97. The first-order valence-corrected chi connectivity index (χ1v) is 12.3. The van der Waals surface area contributed by atoms with E-state index in [1.807, 2.05) is 6.07 Å². The van der Waals surface area contributed by atoms with E-state index in [4.69, 9.17) is 10.5 Å². The van der Waals surface area contributed by atoms with Crippen LogP contribution in [0, 0.1) is 5.92 Å². The second kappa shape index (κ2) is 11.2. The van der Waals surface area contributed by atoms with Gasteiger partial charge >= 0.3 is 6.01 Å². The summed E-state index contributed by atoms with van der Waals surface area (Å²) in [5.41, 5.74) is 7.54. The average Bonchev–Trinajstić information content (AvgIpc) is 2.85. The van der Waals surface area contributed by atoms with Crippen molar-refractivity contribution in [3.05, 3.63) is 35.3 Å². The standard InChI is InChI=1S/C25H33FN6O4/c1-14(12-33)28-24(35)21-11-22(31-25(30-21)36-13-16-9-18(26)10-16)32-7-5-17(6-8-32)20-4-3-19(27)23(29-20)15(2)34/h3-4,11,14,16-18,33H,5-10,12-13,27H2,1-2H3,(H,28,35)/t14-,16?,18?/m1/s1. The van der Waals surface area contributed by atoms with Gasteiger partial charge in [-0.2, -0.15) is 9.97 Å². The molecule has 0 unspecified atom stereocenters. The Morgan fingerprint density at radius 2 is 1.97 bits per heavy atom. The molecule has 2 aromatic rings. The molecular weight excluding hydrogens is 467 g/mol. The topological polar surface area (TPSA) is 144 Å². The number of amides is 1. The fourth-order valence-corrected chi connectivity index (χ4v) is 4.48. The van der Waals surface area contributed by atoms with Gasteiger partial charge in [0.2, 0.25) is 0 Å². The third-order valence-electron chi connectivity index (χ3n) is 6.72. The van der Waals surface area contributed by atoms with E-state index in [9.17, 15) is 19.1 Å². The molecule has 1 saturated heterocycles. The van der Waals surface area contributed by atoms with Crippen LogP contribution in [-0.2, 0) is 0 Å². The molecule has 11 heteroatoms. The van der Waals surface area contributed by atoms with Gasteiger partial charge in [-0.1, -0.05) is 0 Å². The Morgan fingerprint density at radius 3 is 2.61 bits per heavy atom. The summed E-state index contributed by atoms with van der Waals surface area (Å²) in [5, 5.41) is 12.0. The number of aliphatic hydroxyl groups is 1. The Hall–Kier alpha value is -3.34. The number of rotatable bonds is 9. The molecule has 0 spiro atoms. The lowest BCUT2D eigenvalue weighted by Crippen LogP contribution is -2.37. The molecule has 2 aromatic heterocycles. The number of ketones is 1. The van der Waals surface area contributed by atoms with Crippen molar-refractivity contribution in [3.8, 4) is 6.01 Å². The molecule has 2 aliphatic rings. The molecular formula is C25H33FN6O4. The number of aromatic nitrogens is 3. The number of alkyl halides is 1. The van der Waals surface area contributed by atoms with E-state index in [2.05, 4.69) is 25.2 Å². The van der Waals surface area contributed by atoms with Gasteiger partial charge in [-0.05, 0) is 50.7 Å². The molecule has 4 rings (SSSR count). The summed E-state index contributed by atoms with van der Waals surface area (Å²) >= 11 is 0. The quantitative estimate of drug-likeness (QED) is 0.442. The number of hydrogen-bond acceptors (Lipinski definition) is 9.